The van der Waals surface area contributed by atoms with Crippen molar-refractivity contribution < 1.29 is 23.8 Å². The van der Waals surface area contributed by atoms with Crippen LogP contribution in [0.3, 0.4) is 0 Å². The lowest BCUT2D eigenvalue weighted by Gasteiger charge is -2.44. The van der Waals surface area contributed by atoms with Gasteiger partial charge in [0, 0.05) is 17.0 Å². The summed E-state index contributed by atoms with van der Waals surface area (Å²) in [6.07, 6.45) is 3.39. The Morgan fingerprint density at radius 2 is 1.85 bits per heavy atom. The predicted octanol–water partition coefficient (Wildman–Crippen LogP) is 3.09. The van der Waals surface area contributed by atoms with E-state index in [2.05, 4.69) is 12.2 Å². The molecule has 2 fully saturated rings. The van der Waals surface area contributed by atoms with Gasteiger partial charge in [-0.15, -0.1) is 0 Å². The Hall–Kier alpha value is -2.08. The first kappa shape index (κ1) is 19.7. The molecular formula is C21H29NO5. The average Bonchev–Trinajstić information content (AvgIpc) is 2.93. The van der Waals surface area contributed by atoms with E-state index in [0.717, 1.165) is 25.9 Å². The number of ether oxygens (including phenoxy) is 3. The quantitative estimate of drug-likeness (QED) is 0.801. The number of rotatable bonds is 5. The molecule has 1 saturated carbocycles. The molecule has 1 unspecified atom stereocenters. The molecule has 1 amide bonds. The molecule has 1 aromatic carbocycles. The van der Waals surface area contributed by atoms with E-state index in [1.165, 1.54) is 0 Å². The highest BCUT2D eigenvalue weighted by Crippen LogP contribution is 2.49. The van der Waals surface area contributed by atoms with Crippen molar-refractivity contribution in [2.45, 2.75) is 64.7 Å². The van der Waals surface area contributed by atoms with Crippen LogP contribution in [-0.4, -0.2) is 42.8 Å². The van der Waals surface area contributed by atoms with Crippen molar-refractivity contribution in [3.63, 3.8) is 0 Å². The Bertz CT molecular complexity index is 686. The maximum Gasteiger partial charge on any atom is 0.344 e. The van der Waals surface area contributed by atoms with E-state index in [-0.39, 0.29) is 24.0 Å². The average molecular weight is 375 g/mol. The van der Waals surface area contributed by atoms with Crippen molar-refractivity contribution in [1.29, 1.82) is 0 Å². The van der Waals surface area contributed by atoms with Gasteiger partial charge in [0.1, 0.15) is 11.4 Å². The van der Waals surface area contributed by atoms with Crippen LogP contribution >= 0.6 is 0 Å². The van der Waals surface area contributed by atoms with Crippen molar-refractivity contribution in [3.05, 3.63) is 29.8 Å². The van der Waals surface area contributed by atoms with Crippen LogP contribution < -0.4 is 10.1 Å². The van der Waals surface area contributed by atoms with Crippen molar-refractivity contribution in [1.82, 2.24) is 5.32 Å². The van der Waals surface area contributed by atoms with Gasteiger partial charge in [0.2, 0.25) is 0 Å². The summed E-state index contributed by atoms with van der Waals surface area (Å²) in [5.41, 5.74) is 0.318. The summed E-state index contributed by atoms with van der Waals surface area (Å²) in [4.78, 5) is 24.1. The van der Waals surface area contributed by atoms with E-state index < -0.39 is 11.6 Å². The molecule has 1 N–H and O–H groups in total. The van der Waals surface area contributed by atoms with E-state index in [9.17, 15) is 9.59 Å². The Morgan fingerprint density at radius 3 is 2.41 bits per heavy atom. The van der Waals surface area contributed by atoms with E-state index in [4.69, 9.17) is 14.2 Å². The molecule has 1 aliphatic carbocycles. The maximum atomic E-state index is 12.4. The Morgan fingerprint density at radius 1 is 1.19 bits per heavy atom. The highest BCUT2D eigenvalue weighted by atomic mass is 16.6. The minimum atomic E-state index is -0.537. The van der Waals surface area contributed by atoms with Gasteiger partial charge in [0.15, 0.2) is 6.61 Å². The number of carbonyl (C=O) groups is 2. The molecule has 0 aromatic heterocycles. The van der Waals surface area contributed by atoms with Gasteiger partial charge in [-0.25, -0.2) is 4.79 Å². The lowest BCUT2D eigenvalue weighted by Crippen LogP contribution is -2.51. The number of hydrogen-bond acceptors (Lipinski definition) is 5. The number of esters is 1. The van der Waals surface area contributed by atoms with E-state index in [0.29, 0.717) is 17.4 Å². The molecule has 0 bridgehead atoms. The van der Waals surface area contributed by atoms with Crippen LogP contribution in [0.4, 0.5) is 0 Å². The summed E-state index contributed by atoms with van der Waals surface area (Å²) in [6, 6.07) is 7.00. The Balaban J connectivity index is 1.43. The van der Waals surface area contributed by atoms with E-state index in [1.54, 1.807) is 24.3 Å². The molecule has 148 valence electrons. The smallest absolute Gasteiger partial charge is 0.344 e. The third-order valence-corrected chi connectivity index (χ3v) is 4.98. The standard InChI is InChI=1S/C21H29NO5/c1-14-9-21(13-26-14)10-16(11-21)22-19(24)15-5-7-17(8-6-15)25-12-18(23)27-20(2,3)4/h5-8,14,16H,9-13H2,1-4H3,(H,22,24). The van der Waals surface area contributed by atoms with Crippen LogP contribution in [0, 0.1) is 5.41 Å². The van der Waals surface area contributed by atoms with E-state index >= 15 is 0 Å². The van der Waals surface area contributed by atoms with Crippen molar-refractivity contribution in [3.8, 4) is 5.75 Å². The van der Waals surface area contributed by atoms with Gasteiger partial charge >= 0.3 is 5.97 Å². The van der Waals surface area contributed by atoms with E-state index in [1.807, 2.05) is 20.8 Å². The van der Waals surface area contributed by atoms with Gasteiger partial charge in [-0.05, 0) is 71.2 Å². The van der Waals surface area contributed by atoms with Gasteiger partial charge in [-0.3, -0.25) is 4.79 Å². The molecule has 0 radical (unpaired) electrons. The zero-order valence-electron chi connectivity index (χ0n) is 16.5. The SMILES string of the molecule is CC1CC2(CO1)CC(NC(=O)c1ccc(OCC(=O)OC(C)(C)C)cc1)C2. The van der Waals surface area contributed by atoms with Crippen molar-refractivity contribution in [2.75, 3.05) is 13.2 Å². The van der Waals surface area contributed by atoms with Crippen LogP contribution in [0.5, 0.6) is 5.75 Å². The molecule has 2 aliphatic rings. The first-order valence-electron chi connectivity index (χ1n) is 9.51. The summed E-state index contributed by atoms with van der Waals surface area (Å²) in [7, 11) is 0. The van der Waals surface area contributed by atoms with Gasteiger partial charge in [0.05, 0.1) is 12.7 Å². The number of nitrogens with one attached hydrogen (secondary N) is 1. The minimum Gasteiger partial charge on any atom is -0.482 e. The first-order valence-corrected chi connectivity index (χ1v) is 9.51. The summed E-state index contributed by atoms with van der Waals surface area (Å²) in [6.45, 7) is 8.18. The lowest BCUT2D eigenvalue weighted by atomic mass is 9.64. The monoisotopic (exact) mass is 375 g/mol. The maximum absolute atomic E-state index is 12.4. The second-order valence-electron chi connectivity index (χ2n) is 8.80. The van der Waals surface area contributed by atoms with Crippen LogP contribution in [-0.2, 0) is 14.3 Å². The molecule has 1 aromatic rings. The molecule has 1 atom stereocenters. The van der Waals surface area contributed by atoms with Gasteiger partial charge < -0.3 is 19.5 Å². The second kappa shape index (κ2) is 7.50. The van der Waals surface area contributed by atoms with Crippen LogP contribution in [0.2, 0.25) is 0 Å². The van der Waals surface area contributed by atoms with Crippen LogP contribution in [0.25, 0.3) is 0 Å². The topological polar surface area (TPSA) is 73.9 Å². The summed E-state index contributed by atoms with van der Waals surface area (Å²) >= 11 is 0. The van der Waals surface area contributed by atoms with Crippen molar-refractivity contribution >= 4 is 11.9 Å². The third-order valence-electron chi connectivity index (χ3n) is 4.98. The normalized spacial score (nSPS) is 27.1. The highest BCUT2D eigenvalue weighted by molar-refractivity contribution is 5.94. The van der Waals surface area contributed by atoms with Crippen molar-refractivity contribution in [2.24, 2.45) is 5.41 Å². The molecule has 1 saturated heterocycles. The number of benzene rings is 1. The molecular weight excluding hydrogens is 346 g/mol. The summed E-state index contributed by atoms with van der Waals surface area (Å²) in [5, 5.41) is 3.08. The summed E-state index contributed by atoms with van der Waals surface area (Å²) in [5.74, 6) is 0.0195. The largest absolute Gasteiger partial charge is 0.482 e. The third kappa shape index (κ3) is 5.22. The predicted molar refractivity (Wildman–Crippen MR) is 101 cm³/mol. The number of amides is 1. The highest BCUT2D eigenvalue weighted by Gasteiger charge is 2.49. The fourth-order valence-electron chi connectivity index (χ4n) is 3.90. The molecule has 27 heavy (non-hydrogen) atoms. The zero-order chi connectivity index (χ0) is 19.7. The summed E-state index contributed by atoms with van der Waals surface area (Å²) < 4.78 is 16.3. The number of hydrogen-bond donors (Lipinski definition) is 1. The molecule has 3 rings (SSSR count). The van der Waals surface area contributed by atoms with Gasteiger partial charge in [-0.2, -0.15) is 0 Å². The zero-order valence-corrected chi connectivity index (χ0v) is 16.5. The molecule has 1 aliphatic heterocycles. The second-order valence-corrected chi connectivity index (χ2v) is 8.80. The fourth-order valence-corrected chi connectivity index (χ4v) is 3.90. The lowest BCUT2D eigenvalue weighted by molar-refractivity contribution is -0.157. The molecule has 1 heterocycles. The Kier molecular flexibility index (Phi) is 5.47. The fraction of sp³-hybridized carbons (Fsp3) is 0.619. The van der Waals surface area contributed by atoms with Gasteiger partial charge in [-0.1, -0.05) is 0 Å². The minimum absolute atomic E-state index is 0.0829. The molecule has 6 nitrogen and oxygen atoms in total. The first-order chi connectivity index (χ1) is 12.6. The Labute approximate surface area is 160 Å². The molecule has 6 heteroatoms. The molecule has 1 spiro atoms. The van der Waals surface area contributed by atoms with Crippen LogP contribution in [0.15, 0.2) is 24.3 Å². The number of carbonyl (C=O) groups excluding carboxylic acids is 2. The van der Waals surface area contributed by atoms with Gasteiger partial charge in [0.25, 0.3) is 5.91 Å². The van der Waals surface area contributed by atoms with Crippen LogP contribution in [0.1, 0.15) is 57.3 Å².